The first-order valence-electron chi connectivity index (χ1n) is 5.72. The van der Waals surface area contributed by atoms with Crippen molar-refractivity contribution >= 4 is 18.2 Å². The Morgan fingerprint density at radius 2 is 2.32 bits per heavy atom. The van der Waals surface area contributed by atoms with Crippen LogP contribution in [0.25, 0.3) is 6.08 Å². The summed E-state index contributed by atoms with van der Waals surface area (Å²) in [5, 5.41) is 3.79. The Labute approximate surface area is 110 Å². The molecule has 19 heavy (non-hydrogen) atoms. The maximum Gasteiger partial charge on any atom is 0.272 e. The van der Waals surface area contributed by atoms with Crippen LogP contribution < -0.4 is 5.43 Å². The number of hydrogen-bond donors (Lipinski definition) is 1. The van der Waals surface area contributed by atoms with Gasteiger partial charge < -0.3 is 4.42 Å². The van der Waals surface area contributed by atoms with Crippen LogP contribution in [-0.4, -0.2) is 17.1 Å². The van der Waals surface area contributed by atoms with Crippen LogP contribution in [0.5, 0.6) is 0 Å². The SMILES string of the molecule is Cc1ccc(/C=C/C=NNC(=O)c2cccnc2)o1. The summed E-state index contributed by atoms with van der Waals surface area (Å²) < 4.78 is 5.34. The van der Waals surface area contributed by atoms with Gasteiger partial charge in [-0.3, -0.25) is 9.78 Å². The van der Waals surface area contributed by atoms with E-state index in [1.54, 1.807) is 30.5 Å². The van der Waals surface area contributed by atoms with Gasteiger partial charge in [0.25, 0.3) is 5.91 Å². The minimum Gasteiger partial charge on any atom is -0.462 e. The molecule has 2 heterocycles. The first-order valence-corrected chi connectivity index (χ1v) is 5.72. The number of aryl methyl sites for hydroxylation is 1. The lowest BCUT2D eigenvalue weighted by molar-refractivity contribution is 0.0955. The summed E-state index contributed by atoms with van der Waals surface area (Å²) in [6.07, 6.45) is 8.00. The van der Waals surface area contributed by atoms with Crippen molar-refractivity contribution in [2.75, 3.05) is 0 Å². The van der Waals surface area contributed by atoms with Crippen molar-refractivity contribution in [1.82, 2.24) is 10.4 Å². The van der Waals surface area contributed by atoms with Crippen molar-refractivity contribution in [1.29, 1.82) is 0 Å². The van der Waals surface area contributed by atoms with Crippen LogP contribution in [0.3, 0.4) is 0 Å². The second-order valence-corrected chi connectivity index (χ2v) is 3.77. The highest BCUT2D eigenvalue weighted by Crippen LogP contribution is 2.07. The Morgan fingerprint density at radius 3 is 3.00 bits per heavy atom. The van der Waals surface area contributed by atoms with Gasteiger partial charge in [-0.25, -0.2) is 5.43 Å². The number of furan rings is 1. The van der Waals surface area contributed by atoms with E-state index >= 15 is 0 Å². The van der Waals surface area contributed by atoms with E-state index in [-0.39, 0.29) is 5.91 Å². The smallest absolute Gasteiger partial charge is 0.272 e. The number of rotatable bonds is 4. The van der Waals surface area contributed by atoms with Gasteiger partial charge in [0.05, 0.1) is 5.56 Å². The number of nitrogens with zero attached hydrogens (tertiary/aromatic N) is 2. The average molecular weight is 255 g/mol. The summed E-state index contributed by atoms with van der Waals surface area (Å²) in [6, 6.07) is 7.09. The van der Waals surface area contributed by atoms with E-state index in [4.69, 9.17) is 4.42 Å². The molecule has 2 aromatic rings. The normalized spacial score (nSPS) is 11.2. The number of amides is 1. The van der Waals surface area contributed by atoms with Gasteiger partial charge in [-0.2, -0.15) is 5.10 Å². The lowest BCUT2D eigenvalue weighted by Crippen LogP contribution is -2.17. The fourth-order valence-corrected chi connectivity index (χ4v) is 1.38. The molecule has 1 N–H and O–H groups in total. The van der Waals surface area contributed by atoms with Gasteiger partial charge in [0, 0.05) is 18.6 Å². The third-order valence-electron chi connectivity index (χ3n) is 2.27. The molecule has 5 nitrogen and oxygen atoms in total. The Morgan fingerprint density at radius 1 is 1.42 bits per heavy atom. The lowest BCUT2D eigenvalue weighted by atomic mass is 10.3. The van der Waals surface area contributed by atoms with E-state index in [1.165, 1.54) is 12.4 Å². The number of hydrazone groups is 1. The van der Waals surface area contributed by atoms with Crippen LogP contribution in [0.15, 0.2) is 52.3 Å². The van der Waals surface area contributed by atoms with Crippen LogP contribution in [0, 0.1) is 6.92 Å². The van der Waals surface area contributed by atoms with Crippen LogP contribution in [0.4, 0.5) is 0 Å². The van der Waals surface area contributed by atoms with Gasteiger partial charge in [-0.1, -0.05) is 0 Å². The van der Waals surface area contributed by atoms with Gasteiger partial charge in [-0.15, -0.1) is 0 Å². The van der Waals surface area contributed by atoms with Crippen LogP contribution in [-0.2, 0) is 0 Å². The molecular formula is C14H13N3O2. The molecular weight excluding hydrogens is 242 g/mol. The zero-order valence-corrected chi connectivity index (χ0v) is 10.4. The van der Waals surface area contributed by atoms with E-state index in [2.05, 4.69) is 15.5 Å². The topological polar surface area (TPSA) is 67.5 Å². The third-order valence-corrected chi connectivity index (χ3v) is 2.27. The Kier molecular flexibility index (Phi) is 4.23. The molecule has 0 aliphatic heterocycles. The molecule has 0 saturated carbocycles. The molecule has 0 aliphatic rings. The highest BCUT2D eigenvalue weighted by Gasteiger charge is 2.01. The zero-order valence-electron chi connectivity index (χ0n) is 10.4. The summed E-state index contributed by atoms with van der Waals surface area (Å²) in [4.78, 5) is 15.4. The largest absolute Gasteiger partial charge is 0.462 e. The van der Waals surface area contributed by atoms with Crippen molar-refractivity contribution in [3.63, 3.8) is 0 Å². The molecule has 0 spiro atoms. The van der Waals surface area contributed by atoms with Crippen molar-refractivity contribution in [3.05, 3.63) is 59.8 Å². The first kappa shape index (κ1) is 12.8. The second-order valence-electron chi connectivity index (χ2n) is 3.77. The number of allylic oxidation sites excluding steroid dienone is 1. The second kappa shape index (κ2) is 6.30. The number of carbonyl (C=O) groups excluding carboxylic acids is 1. The highest BCUT2D eigenvalue weighted by atomic mass is 16.3. The minimum absolute atomic E-state index is 0.299. The maximum absolute atomic E-state index is 11.6. The molecule has 1 amide bonds. The lowest BCUT2D eigenvalue weighted by Gasteiger charge is -1.96. The third kappa shape index (κ3) is 3.92. The van der Waals surface area contributed by atoms with Crippen molar-refractivity contribution in [2.24, 2.45) is 5.10 Å². The fraction of sp³-hybridized carbons (Fsp3) is 0.0714. The standard InChI is InChI=1S/C14H13N3O2/c1-11-6-7-13(19-11)5-3-9-16-17-14(18)12-4-2-8-15-10-12/h2-10H,1H3,(H,17,18)/b5-3+,16-9?. The average Bonchev–Trinajstić information content (AvgIpc) is 2.85. The molecule has 0 atom stereocenters. The summed E-state index contributed by atoms with van der Waals surface area (Å²) in [6.45, 7) is 1.87. The zero-order chi connectivity index (χ0) is 13.5. The minimum atomic E-state index is -0.299. The van der Waals surface area contributed by atoms with E-state index in [1.807, 2.05) is 19.1 Å². The number of carbonyl (C=O) groups is 1. The molecule has 0 bridgehead atoms. The molecule has 0 aliphatic carbocycles. The first-order chi connectivity index (χ1) is 9.25. The molecule has 5 heteroatoms. The number of aromatic nitrogens is 1. The number of hydrogen-bond acceptors (Lipinski definition) is 4. The predicted molar refractivity (Wildman–Crippen MR) is 72.7 cm³/mol. The van der Waals surface area contributed by atoms with Gasteiger partial charge >= 0.3 is 0 Å². The molecule has 0 unspecified atom stereocenters. The number of nitrogens with one attached hydrogen (secondary N) is 1. The maximum atomic E-state index is 11.6. The Hall–Kier alpha value is -2.69. The monoisotopic (exact) mass is 255 g/mol. The fourth-order valence-electron chi connectivity index (χ4n) is 1.38. The predicted octanol–water partition coefficient (Wildman–Crippen LogP) is 2.41. The van der Waals surface area contributed by atoms with Gasteiger partial charge in [0.2, 0.25) is 0 Å². The quantitative estimate of drug-likeness (QED) is 0.673. The highest BCUT2D eigenvalue weighted by molar-refractivity contribution is 5.94. The molecule has 0 aromatic carbocycles. The Balaban J connectivity index is 1.84. The summed E-state index contributed by atoms with van der Waals surface area (Å²) in [7, 11) is 0. The van der Waals surface area contributed by atoms with Crippen molar-refractivity contribution < 1.29 is 9.21 Å². The van der Waals surface area contributed by atoms with E-state index < -0.39 is 0 Å². The summed E-state index contributed by atoms with van der Waals surface area (Å²) >= 11 is 0. The van der Waals surface area contributed by atoms with Crippen LogP contribution in [0.2, 0.25) is 0 Å². The molecule has 2 rings (SSSR count). The molecule has 0 saturated heterocycles. The van der Waals surface area contributed by atoms with Gasteiger partial charge in [0.15, 0.2) is 0 Å². The Bertz CT molecular complexity index is 600. The molecule has 96 valence electrons. The van der Waals surface area contributed by atoms with Crippen LogP contribution >= 0.6 is 0 Å². The summed E-state index contributed by atoms with van der Waals surface area (Å²) in [5.74, 6) is 1.29. The van der Waals surface area contributed by atoms with Crippen molar-refractivity contribution in [2.45, 2.75) is 6.92 Å². The van der Waals surface area contributed by atoms with E-state index in [9.17, 15) is 4.79 Å². The van der Waals surface area contributed by atoms with Crippen molar-refractivity contribution in [3.8, 4) is 0 Å². The van der Waals surface area contributed by atoms with E-state index in [0.29, 0.717) is 5.56 Å². The molecule has 2 aromatic heterocycles. The summed E-state index contributed by atoms with van der Waals surface area (Å²) in [5.41, 5.74) is 2.86. The van der Waals surface area contributed by atoms with E-state index in [0.717, 1.165) is 11.5 Å². The molecule has 0 radical (unpaired) electrons. The molecule has 0 fully saturated rings. The number of pyridine rings is 1. The van der Waals surface area contributed by atoms with Gasteiger partial charge in [0.1, 0.15) is 11.5 Å². The van der Waals surface area contributed by atoms with Gasteiger partial charge in [-0.05, 0) is 43.3 Å². The van der Waals surface area contributed by atoms with Crippen LogP contribution in [0.1, 0.15) is 21.9 Å².